The Balaban J connectivity index is 2.09. The maximum absolute atomic E-state index is 12.1. The van der Waals surface area contributed by atoms with E-state index in [1.165, 1.54) is 0 Å². The molecule has 0 spiro atoms. The van der Waals surface area contributed by atoms with Crippen molar-refractivity contribution in [3.63, 3.8) is 0 Å². The summed E-state index contributed by atoms with van der Waals surface area (Å²) in [7, 11) is 0. The molecule has 2 rings (SSSR count). The molecule has 23 heavy (non-hydrogen) atoms. The maximum atomic E-state index is 12.1. The molecule has 4 atom stereocenters. The van der Waals surface area contributed by atoms with E-state index in [0.717, 1.165) is 5.57 Å². The van der Waals surface area contributed by atoms with Crippen LogP contribution in [0.5, 0.6) is 0 Å². The van der Waals surface area contributed by atoms with Gasteiger partial charge >= 0.3 is 11.9 Å². The maximum Gasteiger partial charge on any atom is 0.334 e. The molecule has 7 nitrogen and oxygen atoms in total. The summed E-state index contributed by atoms with van der Waals surface area (Å²) in [6.45, 7) is 3.48. The van der Waals surface area contributed by atoms with Gasteiger partial charge in [0.25, 0.3) is 0 Å². The van der Waals surface area contributed by atoms with Crippen LogP contribution in [0.3, 0.4) is 0 Å². The van der Waals surface area contributed by atoms with E-state index in [4.69, 9.17) is 9.84 Å². The first-order valence-electron chi connectivity index (χ1n) is 7.94. The lowest BCUT2D eigenvalue weighted by molar-refractivity contribution is -0.153. The number of carboxylic acids is 1. The summed E-state index contributed by atoms with van der Waals surface area (Å²) < 4.78 is 5.37. The molecule has 1 fully saturated rings. The molecule has 0 saturated heterocycles. The van der Waals surface area contributed by atoms with Gasteiger partial charge < -0.3 is 20.3 Å². The predicted octanol–water partition coefficient (Wildman–Crippen LogP) is 0.759. The smallest absolute Gasteiger partial charge is 0.334 e. The molecule has 1 amide bonds. The van der Waals surface area contributed by atoms with Gasteiger partial charge in [-0.1, -0.05) is 12.5 Å². The summed E-state index contributed by atoms with van der Waals surface area (Å²) in [4.78, 5) is 35.1. The summed E-state index contributed by atoms with van der Waals surface area (Å²) in [5.74, 6) is -2.12. The fraction of sp³-hybridized carbons (Fsp3) is 0.688. The molecule has 1 aliphatic carbocycles. The van der Waals surface area contributed by atoms with E-state index in [9.17, 15) is 19.5 Å². The van der Waals surface area contributed by atoms with Crippen LogP contribution in [0.15, 0.2) is 11.1 Å². The van der Waals surface area contributed by atoms with Crippen molar-refractivity contribution >= 4 is 17.8 Å². The molecule has 4 unspecified atom stereocenters. The molecular formula is C16H23NO6. The summed E-state index contributed by atoms with van der Waals surface area (Å²) >= 11 is 0. The first-order chi connectivity index (χ1) is 10.8. The van der Waals surface area contributed by atoms with Gasteiger partial charge in [-0.3, -0.25) is 4.79 Å². The number of hydrogen-bond donors (Lipinski definition) is 3. The molecule has 0 bridgehead atoms. The van der Waals surface area contributed by atoms with Crippen LogP contribution in [0.25, 0.3) is 0 Å². The Kier molecular flexibility index (Phi) is 5.41. The molecule has 2 aliphatic rings. The summed E-state index contributed by atoms with van der Waals surface area (Å²) in [5.41, 5.74) is 1.12. The first-order valence-corrected chi connectivity index (χ1v) is 7.94. The van der Waals surface area contributed by atoms with E-state index in [1.54, 1.807) is 6.92 Å². The van der Waals surface area contributed by atoms with E-state index in [1.807, 2.05) is 6.92 Å². The van der Waals surface area contributed by atoms with Gasteiger partial charge in [-0.2, -0.15) is 0 Å². The van der Waals surface area contributed by atoms with Crippen molar-refractivity contribution in [2.45, 2.75) is 64.2 Å². The van der Waals surface area contributed by atoms with Crippen molar-refractivity contribution < 1.29 is 29.3 Å². The fourth-order valence-electron chi connectivity index (χ4n) is 3.28. The number of aliphatic hydroxyl groups excluding tert-OH is 1. The van der Waals surface area contributed by atoms with E-state index >= 15 is 0 Å². The Morgan fingerprint density at radius 2 is 2.09 bits per heavy atom. The second-order valence-electron chi connectivity index (χ2n) is 6.22. The number of carbonyl (C=O) groups excluding carboxylic acids is 2. The second-order valence-corrected chi connectivity index (χ2v) is 6.22. The molecule has 1 aliphatic heterocycles. The van der Waals surface area contributed by atoms with Gasteiger partial charge in [-0.25, -0.2) is 9.59 Å². The van der Waals surface area contributed by atoms with Gasteiger partial charge in [-0.05, 0) is 26.2 Å². The van der Waals surface area contributed by atoms with Crippen molar-refractivity contribution in [2.24, 2.45) is 5.92 Å². The van der Waals surface area contributed by atoms with E-state index in [-0.39, 0.29) is 24.9 Å². The molecule has 7 heteroatoms. The van der Waals surface area contributed by atoms with Gasteiger partial charge in [0.1, 0.15) is 12.1 Å². The van der Waals surface area contributed by atoms with E-state index < -0.39 is 30.0 Å². The number of hydrogen-bond acceptors (Lipinski definition) is 5. The Hall–Kier alpha value is -1.89. The van der Waals surface area contributed by atoms with Crippen LogP contribution in [0.4, 0.5) is 0 Å². The molecule has 0 radical (unpaired) electrons. The van der Waals surface area contributed by atoms with Gasteiger partial charge in [0.2, 0.25) is 5.91 Å². The van der Waals surface area contributed by atoms with Crippen molar-refractivity contribution in [3.05, 3.63) is 11.1 Å². The number of ether oxygens (including phenoxy) is 1. The Bertz CT molecular complexity index is 541. The predicted molar refractivity (Wildman–Crippen MR) is 80.4 cm³/mol. The molecule has 1 heterocycles. The minimum atomic E-state index is -1.10. The molecular weight excluding hydrogens is 302 g/mol. The van der Waals surface area contributed by atoms with Crippen molar-refractivity contribution in [3.8, 4) is 0 Å². The lowest BCUT2D eigenvalue weighted by Crippen LogP contribution is -2.43. The lowest BCUT2D eigenvalue weighted by Gasteiger charge is -2.38. The Labute approximate surface area is 134 Å². The van der Waals surface area contributed by atoms with Crippen LogP contribution in [0.1, 0.15) is 46.0 Å². The monoisotopic (exact) mass is 325 g/mol. The zero-order valence-electron chi connectivity index (χ0n) is 13.4. The zero-order valence-corrected chi connectivity index (χ0v) is 13.4. The van der Waals surface area contributed by atoms with Gasteiger partial charge in [0, 0.05) is 17.9 Å². The molecule has 3 N–H and O–H groups in total. The Morgan fingerprint density at radius 1 is 1.39 bits per heavy atom. The van der Waals surface area contributed by atoms with E-state index in [0.29, 0.717) is 24.8 Å². The van der Waals surface area contributed by atoms with E-state index in [2.05, 4.69) is 5.32 Å². The van der Waals surface area contributed by atoms with Crippen LogP contribution in [-0.4, -0.2) is 46.3 Å². The topological polar surface area (TPSA) is 113 Å². The highest BCUT2D eigenvalue weighted by molar-refractivity contribution is 5.97. The van der Waals surface area contributed by atoms with Gasteiger partial charge in [0.15, 0.2) is 0 Å². The van der Waals surface area contributed by atoms with Crippen molar-refractivity contribution in [1.29, 1.82) is 0 Å². The van der Waals surface area contributed by atoms with Gasteiger partial charge in [0.05, 0.1) is 12.5 Å². The number of nitrogens with one attached hydrogen (secondary N) is 1. The highest BCUT2D eigenvalue weighted by Gasteiger charge is 2.40. The number of aliphatic hydroxyl groups is 1. The number of fused-ring (bicyclic) bond motifs is 1. The number of rotatable bonds is 5. The third kappa shape index (κ3) is 3.90. The molecule has 1 saturated carbocycles. The minimum Gasteiger partial charge on any atom is -0.480 e. The standard InChI is InChI=1S/C16H23NO6/c1-3-12(15(20)21)17-14(19)7-11-8(2)10-5-4-9(18)6-13(10)23-16(11)22/h9-10,12-13,18H,3-7H2,1-2H3,(H,17,19)(H,20,21). The zero-order chi connectivity index (χ0) is 17.1. The molecule has 0 aromatic heterocycles. The largest absolute Gasteiger partial charge is 0.480 e. The number of esters is 1. The van der Waals surface area contributed by atoms with Crippen molar-refractivity contribution in [1.82, 2.24) is 5.32 Å². The van der Waals surface area contributed by atoms with Crippen LogP contribution < -0.4 is 5.32 Å². The fourth-order valence-corrected chi connectivity index (χ4v) is 3.28. The summed E-state index contributed by atoms with van der Waals surface area (Å²) in [5, 5.41) is 21.1. The number of carbonyl (C=O) groups is 3. The number of aliphatic carboxylic acids is 1. The molecule has 0 aromatic carbocycles. The third-order valence-electron chi connectivity index (χ3n) is 4.68. The summed E-state index contributed by atoms with van der Waals surface area (Å²) in [6.07, 6.45) is 1.08. The third-order valence-corrected chi connectivity index (χ3v) is 4.68. The first kappa shape index (κ1) is 17.5. The van der Waals surface area contributed by atoms with Crippen LogP contribution in [0.2, 0.25) is 0 Å². The summed E-state index contributed by atoms with van der Waals surface area (Å²) in [6, 6.07) is -0.958. The van der Waals surface area contributed by atoms with Crippen LogP contribution >= 0.6 is 0 Å². The highest BCUT2D eigenvalue weighted by Crippen LogP contribution is 2.38. The molecule has 128 valence electrons. The number of amides is 1. The van der Waals surface area contributed by atoms with Crippen molar-refractivity contribution in [2.75, 3.05) is 0 Å². The SMILES string of the molecule is CCC(NC(=O)CC1=C(C)C2CCC(O)CC2OC1=O)C(=O)O. The number of carboxylic acid groups (broad SMARTS) is 1. The lowest BCUT2D eigenvalue weighted by atomic mass is 9.77. The molecule has 0 aromatic rings. The second kappa shape index (κ2) is 7.12. The minimum absolute atomic E-state index is 0.0281. The quantitative estimate of drug-likeness (QED) is 0.643. The highest BCUT2D eigenvalue weighted by atomic mass is 16.5. The average Bonchev–Trinajstić information content (AvgIpc) is 2.48. The van der Waals surface area contributed by atoms with Crippen LogP contribution in [0, 0.1) is 5.92 Å². The average molecular weight is 325 g/mol. The normalized spacial score (nSPS) is 28.7. The Morgan fingerprint density at radius 3 is 2.70 bits per heavy atom. The van der Waals surface area contributed by atoms with Crippen LogP contribution in [-0.2, 0) is 19.1 Å². The van der Waals surface area contributed by atoms with Gasteiger partial charge in [-0.15, -0.1) is 0 Å².